The third-order valence-electron chi connectivity index (χ3n) is 0.449. The van der Waals surface area contributed by atoms with Crippen LogP contribution in [0.25, 0.3) is 0 Å². The van der Waals surface area contributed by atoms with E-state index in [0.29, 0.717) is 11.6 Å². The van der Waals surface area contributed by atoms with Gasteiger partial charge in [-0.15, -0.1) is 0 Å². The Hall–Kier alpha value is -0.180. The first-order valence-corrected chi connectivity index (χ1v) is 2.26. The van der Waals surface area contributed by atoms with Crippen LogP contribution in [0.3, 0.4) is 0 Å². The van der Waals surface area contributed by atoms with Crippen LogP contribution >= 0.6 is 12.6 Å². The highest BCUT2D eigenvalue weighted by atomic mass is 32.1. The fourth-order valence-electron chi connectivity index (χ4n) is 0.0707. The Morgan fingerprint density at radius 1 is 2.00 bits per heavy atom. The average Bonchev–Trinajstić information content (AvgIpc) is 1.65. The highest BCUT2D eigenvalue weighted by molar-refractivity contribution is 7.81. The maximum atomic E-state index is 5.15. The lowest BCUT2D eigenvalue weighted by Gasteiger charge is -1.84. The Morgan fingerprint density at radius 2 is 2.50 bits per heavy atom. The van der Waals surface area contributed by atoms with Crippen molar-refractivity contribution in [2.75, 3.05) is 12.8 Å². The predicted molar refractivity (Wildman–Crippen MR) is 31.4 cm³/mol. The molecule has 0 fully saturated rings. The summed E-state index contributed by atoms with van der Waals surface area (Å²) in [5.74, 6) is 1.13. The SMILES string of the molecule is CN=C(N)CS. The molecule has 0 saturated carbocycles. The lowest BCUT2D eigenvalue weighted by Crippen LogP contribution is -2.12. The van der Waals surface area contributed by atoms with Crippen LogP contribution in [-0.2, 0) is 0 Å². The molecule has 0 saturated heterocycles. The van der Waals surface area contributed by atoms with Gasteiger partial charge in [0.2, 0.25) is 0 Å². The molecule has 6 heavy (non-hydrogen) atoms. The van der Waals surface area contributed by atoms with Crippen molar-refractivity contribution in [3.05, 3.63) is 0 Å². The molecule has 0 bridgehead atoms. The molecule has 0 aliphatic heterocycles. The van der Waals surface area contributed by atoms with E-state index in [1.54, 1.807) is 7.05 Å². The number of hydrogen-bond acceptors (Lipinski definition) is 2. The number of hydrogen-bond donors (Lipinski definition) is 2. The Morgan fingerprint density at radius 3 is 2.50 bits per heavy atom. The van der Waals surface area contributed by atoms with Gasteiger partial charge in [-0.1, -0.05) is 0 Å². The molecule has 36 valence electrons. The first-order chi connectivity index (χ1) is 2.81. The molecule has 0 aromatic rings. The zero-order valence-corrected chi connectivity index (χ0v) is 4.57. The van der Waals surface area contributed by atoms with Gasteiger partial charge in [0, 0.05) is 12.8 Å². The van der Waals surface area contributed by atoms with E-state index in [1.807, 2.05) is 0 Å². The first kappa shape index (κ1) is 5.82. The highest BCUT2D eigenvalue weighted by Gasteiger charge is 1.76. The van der Waals surface area contributed by atoms with Crippen molar-refractivity contribution in [1.29, 1.82) is 0 Å². The van der Waals surface area contributed by atoms with Gasteiger partial charge < -0.3 is 5.73 Å². The lowest BCUT2D eigenvalue weighted by molar-refractivity contribution is 1.39. The average molecular weight is 104 g/mol. The summed E-state index contributed by atoms with van der Waals surface area (Å²) in [5.41, 5.74) is 5.15. The van der Waals surface area contributed by atoms with Gasteiger partial charge in [-0.05, 0) is 0 Å². The predicted octanol–water partition coefficient (Wildman–Crippen LogP) is -0.0968. The molecule has 0 radical (unpaired) electrons. The molecule has 0 spiro atoms. The normalized spacial score (nSPS) is 12.0. The van der Waals surface area contributed by atoms with Crippen LogP contribution in [0.4, 0.5) is 0 Å². The fraction of sp³-hybridized carbons (Fsp3) is 0.667. The van der Waals surface area contributed by atoms with Crippen LogP contribution in [0.2, 0.25) is 0 Å². The minimum absolute atomic E-state index is 0.552. The summed E-state index contributed by atoms with van der Waals surface area (Å²) < 4.78 is 0. The highest BCUT2D eigenvalue weighted by Crippen LogP contribution is 1.69. The van der Waals surface area contributed by atoms with Gasteiger partial charge in [-0.25, -0.2) is 0 Å². The molecule has 3 heteroatoms. The van der Waals surface area contributed by atoms with E-state index in [1.165, 1.54) is 0 Å². The molecule has 0 aromatic carbocycles. The number of aliphatic imine (C=N–C) groups is 1. The Bertz CT molecular complexity index is 59.8. The number of thiol groups is 1. The van der Waals surface area contributed by atoms with E-state index < -0.39 is 0 Å². The smallest absolute Gasteiger partial charge is 0.103 e. The van der Waals surface area contributed by atoms with E-state index >= 15 is 0 Å². The van der Waals surface area contributed by atoms with Crippen LogP contribution in [0.15, 0.2) is 4.99 Å². The van der Waals surface area contributed by atoms with E-state index in [0.717, 1.165) is 0 Å². The van der Waals surface area contributed by atoms with Gasteiger partial charge >= 0.3 is 0 Å². The molecule has 0 aromatic heterocycles. The van der Waals surface area contributed by atoms with Crippen molar-refractivity contribution in [3.63, 3.8) is 0 Å². The van der Waals surface area contributed by atoms with Gasteiger partial charge in [0.05, 0.1) is 0 Å². The molecule has 0 aliphatic rings. The summed E-state index contributed by atoms with van der Waals surface area (Å²) in [7, 11) is 1.64. The topological polar surface area (TPSA) is 38.4 Å². The maximum Gasteiger partial charge on any atom is 0.103 e. The molecule has 0 atom stereocenters. The van der Waals surface area contributed by atoms with Crippen LogP contribution in [-0.4, -0.2) is 18.6 Å². The largest absolute Gasteiger partial charge is 0.387 e. The summed E-state index contributed by atoms with van der Waals surface area (Å²) in [4.78, 5) is 3.62. The molecule has 2 nitrogen and oxygen atoms in total. The maximum absolute atomic E-state index is 5.15. The van der Waals surface area contributed by atoms with E-state index in [9.17, 15) is 0 Å². The molecule has 0 heterocycles. The van der Waals surface area contributed by atoms with Crippen molar-refractivity contribution in [2.24, 2.45) is 10.7 Å². The molecular formula is C3H8N2S. The minimum atomic E-state index is 0.552. The van der Waals surface area contributed by atoms with Crippen molar-refractivity contribution >= 4 is 18.5 Å². The minimum Gasteiger partial charge on any atom is -0.387 e. The Labute approximate surface area is 42.9 Å². The van der Waals surface area contributed by atoms with Gasteiger partial charge in [0.15, 0.2) is 0 Å². The lowest BCUT2D eigenvalue weighted by atomic mass is 10.7. The van der Waals surface area contributed by atoms with Gasteiger partial charge in [0.1, 0.15) is 5.84 Å². The number of nitrogens with two attached hydrogens (primary N) is 1. The monoisotopic (exact) mass is 104 g/mol. The standard InChI is InChI=1S/C3H8N2S/c1-5-3(4)2-6/h6H,2H2,1H3,(H2,4,5). The first-order valence-electron chi connectivity index (χ1n) is 1.63. The van der Waals surface area contributed by atoms with Crippen LogP contribution < -0.4 is 5.73 Å². The number of nitrogens with zero attached hydrogens (tertiary/aromatic N) is 1. The molecule has 0 amide bonds. The van der Waals surface area contributed by atoms with Crippen LogP contribution in [0.1, 0.15) is 0 Å². The van der Waals surface area contributed by atoms with Crippen LogP contribution in [0, 0.1) is 0 Å². The van der Waals surface area contributed by atoms with E-state index in [-0.39, 0.29) is 0 Å². The molecule has 2 N–H and O–H groups in total. The van der Waals surface area contributed by atoms with Crippen molar-refractivity contribution in [2.45, 2.75) is 0 Å². The van der Waals surface area contributed by atoms with Crippen molar-refractivity contribution in [1.82, 2.24) is 0 Å². The Kier molecular flexibility index (Phi) is 2.94. The molecule has 0 rings (SSSR count). The second kappa shape index (κ2) is 3.03. The third kappa shape index (κ3) is 2.08. The molecule has 0 unspecified atom stereocenters. The summed E-state index contributed by atoms with van der Waals surface area (Å²) >= 11 is 3.84. The van der Waals surface area contributed by atoms with E-state index in [2.05, 4.69) is 17.6 Å². The Balaban J connectivity index is 3.22. The van der Waals surface area contributed by atoms with E-state index in [4.69, 9.17) is 5.73 Å². The van der Waals surface area contributed by atoms with Crippen LogP contribution in [0.5, 0.6) is 0 Å². The summed E-state index contributed by atoms with van der Waals surface area (Å²) in [6.45, 7) is 0. The second-order valence-electron chi connectivity index (χ2n) is 0.873. The quantitative estimate of drug-likeness (QED) is 0.272. The zero-order valence-electron chi connectivity index (χ0n) is 3.68. The van der Waals surface area contributed by atoms with Gasteiger partial charge in [0.25, 0.3) is 0 Å². The third-order valence-corrected chi connectivity index (χ3v) is 0.773. The molecular weight excluding hydrogens is 96.1 g/mol. The van der Waals surface area contributed by atoms with Gasteiger partial charge in [-0.3, -0.25) is 4.99 Å². The summed E-state index contributed by atoms with van der Waals surface area (Å²) in [6.07, 6.45) is 0. The van der Waals surface area contributed by atoms with Crippen molar-refractivity contribution in [3.8, 4) is 0 Å². The van der Waals surface area contributed by atoms with Gasteiger partial charge in [-0.2, -0.15) is 12.6 Å². The van der Waals surface area contributed by atoms with Crippen molar-refractivity contribution < 1.29 is 0 Å². The second-order valence-corrected chi connectivity index (χ2v) is 1.19. The summed E-state index contributed by atoms with van der Waals surface area (Å²) in [5, 5.41) is 0. The molecule has 0 aliphatic carbocycles. The number of rotatable bonds is 1. The number of amidine groups is 1. The summed E-state index contributed by atoms with van der Waals surface area (Å²) in [6, 6.07) is 0. The fourth-order valence-corrected chi connectivity index (χ4v) is 0.212. The zero-order chi connectivity index (χ0) is 4.99.